The Kier molecular flexibility index (Phi) is 5.95. The SMILES string of the molecule is Cn1ccc2ccc(/C=C/C34CCC(OCc5c(-c6c(Cl)cncc6Cl)noc5C5CC5)(CC3)CC4)cc21. The monoisotopic (exact) mass is 547 g/mol. The molecule has 4 aromatic rings. The molecule has 0 atom stereocenters. The van der Waals surface area contributed by atoms with Gasteiger partial charge in [-0.1, -0.05) is 52.6 Å². The quantitative estimate of drug-likeness (QED) is 0.232. The number of allylic oxidation sites excluding steroid dienone is 1. The van der Waals surface area contributed by atoms with Crippen molar-refractivity contribution in [2.75, 3.05) is 0 Å². The van der Waals surface area contributed by atoms with Gasteiger partial charge in [0.25, 0.3) is 0 Å². The van der Waals surface area contributed by atoms with Gasteiger partial charge in [-0.15, -0.1) is 0 Å². The van der Waals surface area contributed by atoms with Crippen LogP contribution in [0.5, 0.6) is 0 Å². The van der Waals surface area contributed by atoms with Gasteiger partial charge in [0, 0.05) is 48.2 Å². The molecule has 0 saturated heterocycles. The molecule has 8 rings (SSSR count). The molecule has 4 saturated carbocycles. The van der Waals surface area contributed by atoms with Crippen molar-refractivity contribution in [3.05, 3.63) is 75.9 Å². The molecular formula is C31H31Cl2N3O2. The average molecular weight is 549 g/mol. The van der Waals surface area contributed by atoms with Crippen molar-refractivity contribution in [1.29, 1.82) is 0 Å². The maximum atomic E-state index is 6.79. The second-order valence-corrected chi connectivity index (χ2v) is 12.4. The first-order valence-corrected chi connectivity index (χ1v) is 14.4. The number of benzene rings is 1. The number of aromatic nitrogens is 3. The van der Waals surface area contributed by atoms with Crippen molar-refractivity contribution in [2.24, 2.45) is 12.5 Å². The fourth-order valence-corrected chi connectivity index (χ4v) is 7.03. The van der Waals surface area contributed by atoms with E-state index in [0.717, 1.165) is 62.7 Å². The van der Waals surface area contributed by atoms with E-state index in [1.165, 1.54) is 16.5 Å². The predicted molar refractivity (Wildman–Crippen MR) is 151 cm³/mol. The van der Waals surface area contributed by atoms with Crippen LogP contribution >= 0.6 is 23.2 Å². The highest BCUT2D eigenvalue weighted by molar-refractivity contribution is 6.38. The number of rotatable bonds is 7. The van der Waals surface area contributed by atoms with Crippen molar-refractivity contribution in [3.8, 4) is 11.3 Å². The number of hydrogen-bond acceptors (Lipinski definition) is 4. The molecule has 38 heavy (non-hydrogen) atoms. The number of aryl methyl sites for hydroxylation is 1. The van der Waals surface area contributed by atoms with E-state index in [4.69, 9.17) is 32.5 Å². The van der Waals surface area contributed by atoms with Gasteiger partial charge < -0.3 is 13.8 Å². The molecule has 0 amide bonds. The molecule has 0 N–H and O–H groups in total. The molecule has 0 unspecified atom stereocenters. The van der Waals surface area contributed by atoms with Crippen molar-refractivity contribution in [2.45, 2.75) is 69.5 Å². The number of hydrogen-bond donors (Lipinski definition) is 0. The number of halogens is 2. The van der Waals surface area contributed by atoms with E-state index in [2.05, 4.69) is 64.4 Å². The van der Waals surface area contributed by atoms with Crippen LogP contribution in [-0.2, 0) is 18.4 Å². The lowest BCUT2D eigenvalue weighted by Crippen LogP contribution is -2.46. The largest absolute Gasteiger partial charge is 0.370 e. The third-order valence-electron chi connectivity index (χ3n) is 9.16. The second-order valence-electron chi connectivity index (χ2n) is 11.5. The van der Waals surface area contributed by atoms with Crippen molar-refractivity contribution in [1.82, 2.24) is 14.7 Å². The highest BCUT2D eigenvalue weighted by Gasteiger charge is 2.48. The topological polar surface area (TPSA) is 53.1 Å². The van der Waals surface area contributed by atoms with Crippen LogP contribution in [0.4, 0.5) is 0 Å². The van der Waals surface area contributed by atoms with E-state index in [0.29, 0.717) is 33.8 Å². The number of pyridine rings is 1. The van der Waals surface area contributed by atoms with E-state index < -0.39 is 0 Å². The van der Waals surface area contributed by atoms with Gasteiger partial charge in [0.15, 0.2) is 0 Å². The summed E-state index contributed by atoms with van der Waals surface area (Å²) in [5, 5.41) is 6.66. The van der Waals surface area contributed by atoms with Crippen LogP contribution in [-0.4, -0.2) is 20.3 Å². The summed E-state index contributed by atoms with van der Waals surface area (Å²) in [6, 6.07) is 8.90. The van der Waals surface area contributed by atoms with Crippen LogP contribution in [0.1, 0.15) is 74.2 Å². The average Bonchev–Trinajstić information content (AvgIpc) is 3.60. The van der Waals surface area contributed by atoms with Crippen molar-refractivity contribution >= 4 is 40.2 Å². The second kappa shape index (κ2) is 9.25. The molecule has 0 aliphatic heterocycles. The Labute approximate surface area is 232 Å². The zero-order chi connectivity index (χ0) is 25.9. The van der Waals surface area contributed by atoms with Crippen LogP contribution in [0, 0.1) is 5.41 Å². The fourth-order valence-electron chi connectivity index (χ4n) is 6.49. The predicted octanol–water partition coefficient (Wildman–Crippen LogP) is 8.74. The fraction of sp³-hybridized carbons (Fsp3) is 0.419. The van der Waals surface area contributed by atoms with Gasteiger partial charge in [-0.3, -0.25) is 4.98 Å². The highest BCUT2D eigenvalue weighted by Crippen LogP contribution is 2.55. The third kappa shape index (κ3) is 4.29. The Morgan fingerprint density at radius 1 is 1.05 bits per heavy atom. The van der Waals surface area contributed by atoms with E-state index in [9.17, 15) is 0 Å². The molecule has 0 spiro atoms. The van der Waals surface area contributed by atoms with Crippen LogP contribution in [0.3, 0.4) is 0 Å². The molecule has 4 aliphatic rings. The summed E-state index contributed by atoms with van der Waals surface area (Å²) in [6.45, 7) is 0.471. The van der Waals surface area contributed by atoms with Gasteiger partial charge in [0.05, 0.1) is 22.3 Å². The lowest BCUT2D eigenvalue weighted by Gasteiger charge is -2.52. The summed E-state index contributed by atoms with van der Waals surface area (Å²) in [7, 11) is 2.10. The van der Waals surface area contributed by atoms with Gasteiger partial charge in [-0.25, -0.2) is 0 Å². The van der Waals surface area contributed by atoms with Crippen LogP contribution < -0.4 is 0 Å². The minimum absolute atomic E-state index is 0.0846. The first-order valence-electron chi connectivity index (χ1n) is 13.6. The number of nitrogens with zero attached hydrogens (tertiary/aromatic N) is 3. The number of ether oxygens (including phenoxy) is 1. The van der Waals surface area contributed by atoms with Crippen molar-refractivity contribution < 1.29 is 9.26 Å². The molecule has 2 bridgehead atoms. The first kappa shape index (κ1) is 24.4. The maximum Gasteiger partial charge on any atom is 0.145 e. The van der Waals surface area contributed by atoms with Gasteiger partial charge in [-0.05, 0) is 79.9 Å². The van der Waals surface area contributed by atoms with E-state index in [1.54, 1.807) is 12.4 Å². The Morgan fingerprint density at radius 3 is 2.50 bits per heavy atom. The van der Waals surface area contributed by atoms with E-state index in [-0.39, 0.29) is 11.0 Å². The molecule has 0 radical (unpaired) electrons. The Hall–Kier alpha value is -2.60. The summed E-state index contributed by atoms with van der Waals surface area (Å²) in [5.74, 6) is 1.34. The number of fused-ring (bicyclic) bond motifs is 4. The molecule has 4 fully saturated rings. The van der Waals surface area contributed by atoms with Crippen LogP contribution in [0.25, 0.3) is 28.2 Å². The van der Waals surface area contributed by atoms with E-state index >= 15 is 0 Å². The molecule has 196 valence electrons. The summed E-state index contributed by atoms with van der Waals surface area (Å²) in [5.41, 5.74) is 5.10. The standard InChI is InChI=1S/C31H31Cl2N3O2/c1-36-15-7-21-3-2-20(16-26(21)36)6-8-30-9-12-31(13-10-30,14-11-30)37-19-23-28(35-38-29(23)22-4-5-22)27-24(32)17-34-18-25(27)33/h2-3,6-8,15-18,22H,4-5,9-14,19H2,1H3/b8-6+. The summed E-state index contributed by atoms with van der Waals surface area (Å²) >= 11 is 13.0. The molecular weight excluding hydrogens is 517 g/mol. The van der Waals surface area contributed by atoms with Gasteiger partial charge in [0.1, 0.15) is 11.5 Å². The molecule has 4 aliphatic carbocycles. The summed E-state index contributed by atoms with van der Waals surface area (Å²) in [6.07, 6.45) is 19.1. The third-order valence-corrected chi connectivity index (χ3v) is 9.73. The molecule has 3 aromatic heterocycles. The lowest BCUT2D eigenvalue weighted by atomic mass is 9.58. The Balaban J connectivity index is 1.07. The maximum absolute atomic E-state index is 6.79. The summed E-state index contributed by atoms with van der Waals surface area (Å²) in [4.78, 5) is 4.10. The smallest absolute Gasteiger partial charge is 0.145 e. The molecule has 7 heteroatoms. The van der Waals surface area contributed by atoms with E-state index in [1.807, 2.05) is 0 Å². The summed E-state index contributed by atoms with van der Waals surface area (Å²) < 4.78 is 14.8. The van der Waals surface area contributed by atoms with Crippen LogP contribution in [0.2, 0.25) is 10.0 Å². The minimum Gasteiger partial charge on any atom is -0.370 e. The zero-order valence-electron chi connectivity index (χ0n) is 21.6. The highest BCUT2D eigenvalue weighted by atomic mass is 35.5. The zero-order valence-corrected chi connectivity index (χ0v) is 23.1. The Bertz CT molecular complexity index is 1500. The molecule has 1 aromatic carbocycles. The van der Waals surface area contributed by atoms with Gasteiger partial charge in [-0.2, -0.15) is 0 Å². The lowest BCUT2D eigenvalue weighted by molar-refractivity contribution is -0.133. The van der Waals surface area contributed by atoms with Crippen LogP contribution in [0.15, 0.2) is 53.5 Å². The van der Waals surface area contributed by atoms with Crippen molar-refractivity contribution in [3.63, 3.8) is 0 Å². The Morgan fingerprint density at radius 2 is 1.79 bits per heavy atom. The minimum atomic E-state index is -0.0846. The normalized spacial score (nSPS) is 25.1. The molecule has 3 heterocycles. The molecule has 5 nitrogen and oxygen atoms in total. The first-order chi connectivity index (χ1) is 18.4. The van der Waals surface area contributed by atoms with Gasteiger partial charge in [0.2, 0.25) is 0 Å². The van der Waals surface area contributed by atoms with Gasteiger partial charge >= 0.3 is 0 Å².